The Kier molecular flexibility index (Phi) is 4.33. The van der Waals surface area contributed by atoms with Gasteiger partial charge in [0.05, 0.1) is 37.3 Å². The molecule has 6 heteroatoms. The quantitative estimate of drug-likeness (QED) is 0.786. The number of nitrogens with zero attached hydrogens (tertiary/aromatic N) is 3. The number of rotatable bonds is 5. The average molecular weight is 308 g/mol. The monoisotopic (exact) mass is 308 g/mol. The Bertz CT molecular complexity index is 782. The van der Waals surface area contributed by atoms with Gasteiger partial charge in [0.25, 0.3) is 0 Å². The van der Waals surface area contributed by atoms with Crippen molar-refractivity contribution in [2.45, 2.75) is 6.42 Å². The topological polar surface area (TPSA) is 69.0 Å². The second-order valence-electron chi connectivity index (χ2n) is 4.94. The van der Waals surface area contributed by atoms with E-state index in [9.17, 15) is 4.79 Å². The molecule has 1 N–H and O–H groups in total. The van der Waals surface area contributed by atoms with Crippen LogP contribution in [0.4, 0.5) is 5.69 Å². The van der Waals surface area contributed by atoms with Crippen molar-refractivity contribution >= 4 is 11.6 Å². The Labute approximate surface area is 133 Å². The summed E-state index contributed by atoms with van der Waals surface area (Å²) in [5.41, 5.74) is 2.43. The van der Waals surface area contributed by atoms with E-state index < -0.39 is 0 Å². The van der Waals surface area contributed by atoms with Crippen LogP contribution in [-0.2, 0) is 11.2 Å². The highest BCUT2D eigenvalue weighted by molar-refractivity contribution is 5.92. The van der Waals surface area contributed by atoms with E-state index in [0.29, 0.717) is 11.6 Å². The molecular formula is C17H16N4O2. The average Bonchev–Trinajstić information content (AvgIpc) is 3.04. The summed E-state index contributed by atoms with van der Waals surface area (Å²) in [6.45, 7) is 0. The SMILES string of the molecule is COc1ccc(NC(=O)Cc2cnn(-c3ccccc3)c2)cn1. The summed E-state index contributed by atoms with van der Waals surface area (Å²) in [5.74, 6) is 0.386. The zero-order valence-electron chi connectivity index (χ0n) is 12.6. The largest absolute Gasteiger partial charge is 0.481 e. The van der Waals surface area contributed by atoms with Crippen LogP contribution in [0.2, 0.25) is 0 Å². The lowest BCUT2D eigenvalue weighted by Crippen LogP contribution is -2.14. The minimum atomic E-state index is -0.121. The normalized spacial score (nSPS) is 10.3. The second-order valence-corrected chi connectivity index (χ2v) is 4.94. The number of ether oxygens (including phenoxy) is 1. The Balaban J connectivity index is 1.63. The lowest BCUT2D eigenvalue weighted by atomic mass is 10.2. The fourth-order valence-corrected chi connectivity index (χ4v) is 2.14. The molecule has 0 spiro atoms. The Morgan fingerprint density at radius 1 is 1.17 bits per heavy atom. The van der Waals surface area contributed by atoms with Crippen molar-refractivity contribution in [2.75, 3.05) is 12.4 Å². The van der Waals surface area contributed by atoms with E-state index in [1.807, 2.05) is 36.5 Å². The van der Waals surface area contributed by atoms with Gasteiger partial charge < -0.3 is 10.1 Å². The van der Waals surface area contributed by atoms with E-state index in [4.69, 9.17) is 4.74 Å². The molecule has 0 saturated carbocycles. The number of aromatic nitrogens is 3. The highest BCUT2D eigenvalue weighted by Crippen LogP contribution is 2.12. The first-order valence-electron chi connectivity index (χ1n) is 7.13. The molecule has 23 heavy (non-hydrogen) atoms. The first-order chi connectivity index (χ1) is 11.2. The fraction of sp³-hybridized carbons (Fsp3) is 0.118. The van der Waals surface area contributed by atoms with Crippen molar-refractivity contribution in [3.8, 4) is 11.6 Å². The summed E-state index contributed by atoms with van der Waals surface area (Å²) in [6.07, 6.45) is 5.35. The molecule has 0 radical (unpaired) electrons. The molecule has 1 amide bonds. The van der Waals surface area contributed by atoms with Crippen molar-refractivity contribution in [1.29, 1.82) is 0 Å². The van der Waals surface area contributed by atoms with Crippen LogP contribution >= 0.6 is 0 Å². The third kappa shape index (κ3) is 3.74. The van der Waals surface area contributed by atoms with Crippen LogP contribution in [-0.4, -0.2) is 27.8 Å². The smallest absolute Gasteiger partial charge is 0.228 e. The summed E-state index contributed by atoms with van der Waals surface area (Å²) in [5, 5.41) is 7.07. The van der Waals surface area contributed by atoms with Crippen LogP contribution in [0.1, 0.15) is 5.56 Å². The highest BCUT2D eigenvalue weighted by Gasteiger charge is 2.07. The first kappa shape index (κ1) is 14.8. The second kappa shape index (κ2) is 6.74. The summed E-state index contributed by atoms with van der Waals surface area (Å²) in [6, 6.07) is 13.2. The van der Waals surface area contributed by atoms with Crippen LogP contribution in [0, 0.1) is 0 Å². The number of carbonyl (C=O) groups is 1. The van der Waals surface area contributed by atoms with Gasteiger partial charge in [-0.15, -0.1) is 0 Å². The van der Waals surface area contributed by atoms with Gasteiger partial charge in [-0.2, -0.15) is 5.10 Å². The number of hydrogen-bond donors (Lipinski definition) is 1. The van der Waals surface area contributed by atoms with E-state index in [0.717, 1.165) is 11.3 Å². The van der Waals surface area contributed by atoms with Crippen LogP contribution in [0.25, 0.3) is 5.69 Å². The van der Waals surface area contributed by atoms with Gasteiger partial charge in [0.2, 0.25) is 11.8 Å². The van der Waals surface area contributed by atoms with Gasteiger partial charge in [0.15, 0.2) is 0 Å². The van der Waals surface area contributed by atoms with Gasteiger partial charge in [0.1, 0.15) is 0 Å². The summed E-state index contributed by atoms with van der Waals surface area (Å²) in [7, 11) is 1.55. The molecular weight excluding hydrogens is 292 g/mol. The van der Waals surface area contributed by atoms with Crippen molar-refractivity contribution in [3.05, 3.63) is 66.6 Å². The summed E-state index contributed by atoms with van der Waals surface area (Å²) in [4.78, 5) is 16.1. The molecule has 6 nitrogen and oxygen atoms in total. The maximum absolute atomic E-state index is 12.1. The Morgan fingerprint density at radius 2 is 2.00 bits per heavy atom. The molecule has 0 aliphatic heterocycles. The standard InChI is InChI=1S/C17H16N4O2/c1-23-17-8-7-14(11-18-17)20-16(22)9-13-10-19-21(12-13)15-5-3-2-4-6-15/h2-8,10-12H,9H2,1H3,(H,20,22). The van der Waals surface area contributed by atoms with Gasteiger partial charge >= 0.3 is 0 Å². The molecule has 1 aromatic carbocycles. The molecule has 0 aliphatic rings. The molecule has 116 valence electrons. The number of carbonyl (C=O) groups excluding carboxylic acids is 1. The van der Waals surface area contributed by atoms with E-state index in [1.54, 1.807) is 36.3 Å². The molecule has 3 rings (SSSR count). The number of hydrogen-bond acceptors (Lipinski definition) is 4. The lowest BCUT2D eigenvalue weighted by molar-refractivity contribution is -0.115. The molecule has 2 aromatic heterocycles. The number of benzene rings is 1. The number of amides is 1. The van der Waals surface area contributed by atoms with Gasteiger partial charge in [-0.05, 0) is 23.8 Å². The summed E-state index contributed by atoms with van der Waals surface area (Å²) >= 11 is 0. The number of para-hydroxylation sites is 1. The Hall–Kier alpha value is -3.15. The van der Waals surface area contributed by atoms with Crippen molar-refractivity contribution in [2.24, 2.45) is 0 Å². The first-order valence-corrected chi connectivity index (χ1v) is 7.13. The molecule has 0 saturated heterocycles. The van der Waals surface area contributed by atoms with Gasteiger partial charge in [0, 0.05) is 12.3 Å². The predicted octanol–water partition coefficient (Wildman–Crippen LogP) is 2.46. The zero-order chi connectivity index (χ0) is 16.1. The molecule has 3 aromatic rings. The van der Waals surface area contributed by atoms with Crippen LogP contribution in [0.5, 0.6) is 5.88 Å². The number of nitrogens with one attached hydrogen (secondary N) is 1. The third-order valence-electron chi connectivity index (χ3n) is 3.25. The maximum atomic E-state index is 12.1. The number of anilines is 1. The van der Waals surface area contributed by atoms with Crippen molar-refractivity contribution < 1.29 is 9.53 Å². The molecule has 0 fully saturated rings. The minimum Gasteiger partial charge on any atom is -0.481 e. The number of pyridine rings is 1. The molecule has 0 aliphatic carbocycles. The van der Waals surface area contributed by atoms with E-state index in [2.05, 4.69) is 15.4 Å². The maximum Gasteiger partial charge on any atom is 0.228 e. The Morgan fingerprint density at radius 3 is 2.70 bits per heavy atom. The van der Waals surface area contributed by atoms with Gasteiger partial charge in [-0.3, -0.25) is 4.79 Å². The number of methoxy groups -OCH3 is 1. The van der Waals surface area contributed by atoms with Gasteiger partial charge in [-0.25, -0.2) is 9.67 Å². The summed E-state index contributed by atoms with van der Waals surface area (Å²) < 4.78 is 6.73. The predicted molar refractivity (Wildman–Crippen MR) is 86.7 cm³/mol. The van der Waals surface area contributed by atoms with Gasteiger partial charge in [-0.1, -0.05) is 18.2 Å². The van der Waals surface area contributed by atoms with Crippen LogP contribution < -0.4 is 10.1 Å². The van der Waals surface area contributed by atoms with Crippen LogP contribution in [0.3, 0.4) is 0 Å². The fourth-order valence-electron chi connectivity index (χ4n) is 2.14. The zero-order valence-corrected chi connectivity index (χ0v) is 12.6. The minimum absolute atomic E-state index is 0.121. The van der Waals surface area contributed by atoms with E-state index in [1.165, 1.54) is 0 Å². The van der Waals surface area contributed by atoms with E-state index >= 15 is 0 Å². The molecule has 2 heterocycles. The molecule has 0 atom stereocenters. The molecule has 0 bridgehead atoms. The van der Waals surface area contributed by atoms with Crippen molar-refractivity contribution in [3.63, 3.8) is 0 Å². The van der Waals surface area contributed by atoms with E-state index in [-0.39, 0.29) is 12.3 Å². The van der Waals surface area contributed by atoms with Crippen LogP contribution in [0.15, 0.2) is 61.1 Å². The lowest BCUT2D eigenvalue weighted by Gasteiger charge is -2.04. The molecule has 0 unspecified atom stereocenters. The van der Waals surface area contributed by atoms with Crippen molar-refractivity contribution in [1.82, 2.24) is 14.8 Å². The highest BCUT2D eigenvalue weighted by atomic mass is 16.5. The third-order valence-corrected chi connectivity index (χ3v) is 3.25.